The number of hydrogen-bond donors (Lipinski definition) is 2. The molecule has 1 atom stereocenters. The molecule has 5 nitrogen and oxygen atoms in total. The predicted molar refractivity (Wildman–Crippen MR) is 74.1 cm³/mol. The second-order valence-electron chi connectivity index (χ2n) is 4.31. The molecule has 2 N–H and O–H groups in total. The summed E-state index contributed by atoms with van der Waals surface area (Å²) in [5, 5.41) is 5.92. The molecule has 1 aliphatic carbocycles. The maximum absolute atomic E-state index is 11.9. The van der Waals surface area contributed by atoms with E-state index in [1.807, 2.05) is 6.07 Å². The van der Waals surface area contributed by atoms with Gasteiger partial charge in [-0.1, -0.05) is 0 Å². The van der Waals surface area contributed by atoms with Crippen LogP contribution in [0.25, 0.3) is 0 Å². The molecule has 3 rings (SSSR count). The molecule has 1 aliphatic heterocycles. The van der Waals surface area contributed by atoms with Crippen LogP contribution in [0.3, 0.4) is 0 Å². The van der Waals surface area contributed by atoms with Crippen LogP contribution < -0.4 is 10.6 Å². The number of rotatable bonds is 2. The molecule has 0 aromatic carbocycles. The Balaban J connectivity index is 1.86. The van der Waals surface area contributed by atoms with E-state index in [2.05, 4.69) is 52.5 Å². The number of aromatic nitrogens is 1. The smallest absolute Gasteiger partial charge is 0.257 e. The number of guanidine groups is 1. The molecule has 94 valence electrons. The van der Waals surface area contributed by atoms with Crippen molar-refractivity contribution in [2.75, 3.05) is 0 Å². The maximum atomic E-state index is 11.9. The Morgan fingerprint density at radius 3 is 2.83 bits per heavy atom. The summed E-state index contributed by atoms with van der Waals surface area (Å²) in [6.07, 6.45) is 3.94. The van der Waals surface area contributed by atoms with Gasteiger partial charge in [-0.3, -0.25) is 15.1 Å². The minimum absolute atomic E-state index is 0.145. The molecule has 2 heterocycles. The van der Waals surface area contributed by atoms with E-state index in [1.54, 1.807) is 6.20 Å². The fourth-order valence-corrected chi connectivity index (χ4v) is 2.92. The van der Waals surface area contributed by atoms with Gasteiger partial charge < -0.3 is 5.32 Å². The number of hydrogen-bond acceptors (Lipinski definition) is 4. The number of aliphatic imine (C=N–C) groups is 1. The van der Waals surface area contributed by atoms with Crippen molar-refractivity contribution < 1.29 is 4.79 Å². The zero-order valence-electron chi connectivity index (χ0n) is 9.28. The second-order valence-corrected chi connectivity index (χ2v) is 6.08. The summed E-state index contributed by atoms with van der Waals surface area (Å²) in [5.74, 6) is 0.415. The van der Waals surface area contributed by atoms with Gasteiger partial charge in [0.2, 0.25) is 0 Å². The van der Waals surface area contributed by atoms with E-state index in [0.29, 0.717) is 17.7 Å². The van der Waals surface area contributed by atoms with Crippen molar-refractivity contribution in [1.29, 1.82) is 0 Å². The number of nitrogens with zero attached hydrogens (tertiary/aromatic N) is 2. The van der Waals surface area contributed by atoms with Gasteiger partial charge in [-0.2, -0.15) is 0 Å². The third kappa shape index (κ3) is 2.42. The van der Waals surface area contributed by atoms with Crippen LogP contribution in [0.2, 0.25) is 0 Å². The Hall–Kier alpha value is -0.950. The number of amides is 1. The second kappa shape index (κ2) is 4.62. The molecular formula is C11H10Br2N4O. The fourth-order valence-electron chi connectivity index (χ4n) is 1.71. The summed E-state index contributed by atoms with van der Waals surface area (Å²) in [5.41, 5.74) is 0.628. The highest BCUT2D eigenvalue weighted by molar-refractivity contribution is 9.11. The van der Waals surface area contributed by atoms with Crippen molar-refractivity contribution in [3.8, 4) is 0 Å². The highest BCUT2D eigenvalue weighted by Gasteiger charge is 2.33. The molecule has 1 saturated carbocycles. The molecule has 0 spiro atoms. The van der Waals surface area contributed by atoms with Crippen molar-refractivity contribution in [2.24, 2.45) is 4.99 Å². The lowest BCUT2D eigenvalue weighted by molar-refractivity contribution is -0.120. The molecule has 1 aromatic heterocycles. The molecule has 1 amide bonds. The largest absolute Gasteiger partial charge is 0.353 e. The van der Waals surface area contributed by atoms with Crippen LogP contribution in [0, 0.1) is 0 Å². The molecule has 0 bridgehead atoms. The first-order valence-corrected chi connectivity index (χ1v) is 7.18. The number of pyridine rings is 1. The van der Waals surface area contributed by atoms with Crippen molar-refractivity contribution in [1.82, 2.24) is 15.6 Å². The zero-order valence-corrected chi connectivity index (χ0v) is 12.5. The Bertz CT molecular complexity index is 542. The number of carbonyl (C=O) groups excluding carboxylic acids is 1. The van der Waals surface area contributed by atoms with Crippen molar-refractivity contribution in [2.45, 2.75) is 24.9 Å². The monoisotopic (exact) mass is 372 g/mol. The first kappa shape index (κ1) is 12.1. The fraction of sp³-hybridized carbons (Fsp3) is 0.364. The summed E-state index contributed by atoms with van der Waals surface area (Å²) in [6.45, 7) is 0. The van der Waals surface area contributed by atoms with E-state index < -0.39 is 6.04 Å². The average Bonchev–Trinajstić information content (AvgIpc) is 3.03. The summed E-state index contributed by atoms with van der Waals surface area (Å²) < 4.78 is 1.63. The first-order valence-electron chi connectivity index (χ1n) is 5.59. The molecule has 7 heteroatoms. The molecule has 18 heavy (non-hydrogen) atoms. The molecule has 1 fully saturated rings. The van der Waals surface area contributed by atoms with Gasteiger partial charge in [-0.05, 0) is 50.8 Å². The van der Waals surface area contributed by atoms with E-state index in [1.165, 1.54) is 0 Å². The van der Waals surface area contributed by atoms with Gasteiger partial charge in [0.05, 0.1) is 5.69 Å². The summed E-state index contributed by atoms with van der Waals surface area (Å²) in [7, 11) is 0. The predicted octanol–water partition coefficient (Wildman–Crippen LogP) is 1.89. The van der Waals surface area contributed by atoms with Gasteiger partial charge >= 0.3 is 0 Å². The molecule has 0 radical (unpaired) electrons. The summed E-state index contributed by atoms with van der Waals surface area (Å²) >= 11 is 6.74. The highest BCUT2D eigenvalue weighted by atomic mass is 79.9. The van der Waals surface area contributed by atoms with Crippen LogP contribution in [0.1, 0.15) is 24.6 Å². The Morgan fingerprint density at radius 2 is 2.17 bits per heavy atom. The Kier molecular flexibility index (Phi) is 3.11. The van der Waals surface area contributed by atoms with Crippen LogP contribution in [-0.4, -0.2) is 22.9 Å². The van der Waals surface area contributed by atoms with Crippen LogP contribution in [-0.2, 0) is 4.79 Å². The van der Waals surface area contributed by atoms with Crippen LogP contribution in [0.5, 0.6) is 0 Å². The molecule has 0 saturated heterocycles. The van der Waals surface area contributed by atoms with E-state index in [9.17, 15) is 4.79 Å². The lowest BCUT2D eigenvalue weighted by atomic mass is 10.2. The standard InChI is InChI=1S/C11H10Br2N4O/c12-5-3-7(13)8(14-4-5)9-10(18)17-11(16-9)15-6-1-2-6/h3-4,6,9H,1-2H2,(H2,15,16,17,18). The minimum Gasteiger partial charge on any atom is -0.353 e. The van der Waals surface area contributed by atoms with E-state index in [0.717, 1.165) is 21.8 Å². The van der Waals surface area contributed by atoms with E-state index >= 15 is 0 Å². The van der Waals surface area contributed by atoms with Crippen molar-refractivity contribution >= 4 is 43.7 Å². The van der Waals surface area contributed by atoms with Gasteiger partial charge in [-0.15, -0.1) is 0 Å². The maximum Gasteiger partial charge on any atom is 0.257 e. The Morgan fingerprint density at radius 1 is 1.39 bits per heavy atom. The number of nitrogens with one attached hydrogen (secondary N) is 2. The number of halogens is 2. The van der Waals surface area contributed by atoms with E-state index in [4.69, 9.17) is 0 Å². The van der Waals surface area contributed by atoms with Crippen molar-refractivity contribution in [3.63, 3.8) is 0 Å². The topological polar surface area (TPSA) is 66.4 Å². The van der Waals surface area contributed by atoms with E-state index in [-0.39, 0.29) is 5.91 Å². The van der Waals surface area contributed by atoms with Gasteiger partial charge in [0.25, 0.3) is 5.91 Å². The van der Waals surface area contributed by atoms with Gasteiger partial charge in [0, 0.05) is 21.2 Å². The third-order valence-electron chi connectivity index (χ3n) is 2.76. The first-order chi connectivity index (χ1) is 8.63. The molecule has 1 unspecified atom stereocenters. The van der Waals surface area contributed by atoms with Gasteiger partial charge in [0.1, 0.15) is 0 Å². The van der Waals surface area contributed by atoms with Crippen molar-refractivity contribution in [3.05, 3.63) is 26.9 Å². The highest BCUT2D eigenvalue weighted by Crippen LogP contribution is 2.29. The third-order valence-corrected chi connectivity index (χ3v) is 3.83. The van der Waals surface area contributed by atoms with Crippen LogP contribution >= 0.6 is 31.9 Å². The van der Waals surface area contributed by atoms with Gasteiger partial charge in [-0.25, -0.2) is 4.99 Å². The summed E-state index contributed by atoms with van der Waals surface area (Å²) in [4.78, 5) is 20.5. The normalized spacial score (nSPS) is 22.7. The number of carbonyl (C=O) groups is 1. The molecule has 2 aliphatic rings. The minimum atomic E-state index is -0.575. The van der Waals surface area contributed by atoms with Crippen LogP contribution in [0.4, 0.5) is 0 Å². The quantitative estimate of drug-likeness (QED) is 0.831. The van der Waals surface area contributed by atoms with Crippen LogP contribution in [0.15, 0.2) is 26.2 Å². The molecule has 1 aromatic rings. The van der Waals surface area contributed by atoms with Gasteiger partial charge in [0.15, 0.2) is 12.0 Å². The SMILES string of the molecule is O=C1NC(NC2CC2)=NC1c1ncc(Br)cc1Br. The Labute approximate surface area is 121 Å². The average molecular weight is 374 g/mol. The zero-order chi connectivity index (χ0) is 12.7. The lowest BCUT2D eigenvalue weighted by Crippen LogP contribution is -2.37. The summed E-state index contributed by atoms with van der Waals surface area (Å²) in [6, 6.07) is 1.75. The lowest BCUT2D eigenvalue weighted by Gasteiger charge is -2.06. The molecular weight excluding hydrogens is 364 g/mol.